The zero-order valence-electron chi connectivity index (χ0n) is 18.0. The van der Waals surface area contributed by atoms with Gasteiger partial charge in [0.1, 0.15) is 0 Å². The number of aliphatic hydroxyl groups is 1. The van der Waals surface area contributed by atoms with E-state index < -0.39 is 17.9 Å². The zero-order valence-corrected chi connectivity index (χ0v) is 18.0. The van der Waals surface area contributed by atoms with Crippen molar-refractivity contribution in [1.29, 1.82) is 0 Å². The van der Waals surface area contributed by atoms with Crippen LogP contribution in [-0.2, 0) is 33.6 Å². The van der Waals surface area contributed by atoms with Gasteiger partial charge in [-0.05, 0) is 59.7 Å². The lowest BCUT2D eigenvalue weighted by Gasteiger charge is -2.25. The molecule has 1 atom stereocenters. The van der Waals surface area contributed by atoms with Gasteiger partial charge in [-0.15, -0.1) is 0 Å². The second-order valence-electron chi connectivity index (χ2n) is 8.68. The molecular formula is C24H26N4O4. The van der Waals surface area contributed by atoms with E-state index in [9.17, 15) is 19.5 Å². The highest BCUT2D eigenvalue weighted by Gasteiger charge is 2.31. The van der Waals surface area contributed by atoms with Crippen molar-refractivity contribution < 1.29 is 19.5 Å². The number of aliphatic hydroxyl groups excluding tert-OH is 1. The summed E-state index contributed by atoms with van der Waals surface area (Å²) in [6.07, 6.45) is 1.87. The van der Waals surface area contributed by atoms with E-state index in [2.05, 4.69) is 15.5 Å². The molecule has 3 aliphatic rings. The Morgan fingerprint density at radius 1 is 1.00 bits per heavy atom. The van der Waals surface area contributed by atoms with Crippen molar-refractivity contribution in [3.63, 3.8) is 0 Å². The molecule has 0 aromatic heterocycles. The van der Waals surface area contributed by atoms with Crippen molar-refractivity contribution in [2.75, 3.05) is 41.8 Å². The van der Waals surface area contributed by atoms with Gasteiger partial charge in [-0.2, -0.15) is 0 Å². The third kappa shape index (κ3) is 3.60. The largest absolute Gasteiger partial charge is 0.387 e. The Hall–Kier alpha value is -3.39. The van der Waals surface area contributed by atoms with Crippen molar-refractivity contribution in [2.45, 2.75) is 31.8 Å². The molecule has 0 bridgehead atoms. The number of carbonyl (C=O) groups is 3. The summed E-state index contributed by atoms with van der Waals surface area (Å²) in [6.45, 7) is 1.56. The molecule has 32 heavy (non-hydrogen) atoms. The average Bonchev–Trinajstić information content (AvgIpc) is 3.38. The number of hydrogen-bond donors (Lipinski definition) is 3. The number of aryl methyl sites for hydroxylation is 1. The van der Waals surface area contributed by atoms with E-state index in [1.54, 1.807) is 0 Å². The minimum absolute atomic E-state index is 0.0482. The van der Waals surface area contributed by atoms with Gasteiger partial charge in [-0.25, -0.2) is 0 Å². The van der Waals surface area contributed by atoms with Crippen molar-refractivity contribution in [3.05, 3.63) is 52.6 Å². The number of amides is 3. The predicted octanol–water partition coefficient (Wildman–Crippen LogP) is 1.30. The predicted molar refractivity (Wildman–Crippen MR) is 121 cm³/mol. The van der Waals surface area contributed by atoms with Crippen molar-refractivity contribution in [3.8, 4) is 0 Å². The lowest BCUT2D eigenvalue weighted by atomic mass is 9.98. The van der Waals surface area contributed by atoms with Crippen molar-refractivity contribution >= 4 is 34.8 Å². The lowest BCUT2D eigenvalue weighted by molar-refractivity contribution is -0.136. The van der Waals surface area contributed by atoms with Crippen LogP contribution in [0.3, 0.4) is 0 Å². The SMILES string of the molecule is CN1CCc2cc(C(O)CNC(=O)C(=O)Nc3cc4c5c(c3)CCN5C(=O)CC4)ccc21. The number of rotatable bonds is 4. The van der Waals surface area contributed by atoms with E-state index >= 15 is 0 Å². The molecule has 2 aromatic carbocycles. The van der Waals surface area contributed by atoms with Crippen LogP contribution in [0, 0.1) is 0 Å². The van der Waals surface area contributed by atoms with Crippen molar-refractivity contribution in [1.82, 2.24) is 5.32 Å². The van der Waals surface area contributed by atoms with Crippen LogP contribution in [-0.4, -0.2) is 49.5 Å². The number of fused-ring (bicyclic) bond motifs is 1. The fourth-order valence-corrected chi connectivity index (χ4v) is 4.90. The van der Waals surface area contributed by atoms with E-state index in [1.807, 2.05) is 42.3 Å². The van der Waals surface area contributed by atoms with Gasteiger partial charge in [-0.1, -0.05) is 12.1 Å². The molecule has 2 aromatic rings. The third-order valence-corrected chi connectivity index (χ3v) is 6.59. The molecule has 0 saturated heterocycles. The summed E-state index contributed by atoms with van der Waals surface area (Å²) >= 11 is 0. The van der Waals surface area contributed by atoms with Gasteiger partial charge in [0.2, 0.25) is 5.91 Å². The second kappa shape index (κ2) is 7.94. The minimum Gasteiger partial charge on any atom is -0.387 e. The Labute approximate surface area is 186 Å². The first kappa shape index (κ1) is 20.5. The average molecular weight is 434 g/mol. The van der Waals surface area contributed by atoms with Gasteiger partial charge < -0.3 is 25.5 Å². The molecule has 0 aliphatic carbocycles. The molecule has 5 rings (SSSR count). The van der Waals surface area contributed by atoms with Gasteiger partial charge in [0.25, 0.3) is 0 Å². The number of nitrogens with one attached hydrogen (secondary N) is 2. The maximum absolute atomic E-state index is 12.4. The van der Waals surface area contributed by atoms with Crippen LogP contribution < -0.4 is 20.4 Å². The summed E-state index contributed by atoms with van der Waals surface area (Å²) in [5.41, 5.74) is 6.61. The molecule has 0 fully saturated rings. The van der Waals surface area contributed by atoms with Gasteiger partial charge in [0, 0.05) is 44.5 Å². The quantitative estimate of drug-likeness (QED) is 0.630. The summed E-state index contributed by atoms with van der Waals surface area (Å²) in [7, 11) is 2.03. The number of carbonyl (C=O) groups excluding carboxylic acids is 3. The third-order valence-electron chi connectivity index (χ3n) is 6.59. The second-order valence-corrected chi connectivity index (χ2v) is 8.68. The number of benzene rings is 2. The standard InChI is InChI=1S/C24H26N4O4/c1-27-8-6-14-10-15(2-4-19(14)27)20(29)13-25-23(31)24(32)26-18-11-16-3-5-21(30)28-9-7-17(12-18)22(16)28/h2,4,10-12,20,29H,3,5-9,13H2,1H3,(H,25,31)(H,26,32). The van der Waals surface area contributed by atoms with Crippen LogP contribution in [0.25, 0.3) is 0 Å². The first-order chi connectivity index (χ1) is 15.4. The van der Waals surface area contributed by atoms with Gasteiger partial charge in [-0.3, -0.25) is 14.4 Å². The Morgan fingerprint density at radius 2 is 1.75 bits per heavy atom. The van der Waals surface area contributed by atoms with Crippen LogP contribution in [0.15, 0.2) is 30.3 Å². The summed E-state index contributed by atoms with van der Waals surface area (Å²) < 4.78 is 0. The Bertz CT molecular complexity index is 1130. The van der Waals surface area contributed by atoms with Crippen LogP contribution in [0.4, 0.5) is 17.1 Å². The summed E-state index contributed by atoms with van der Waals surface area (Å²) in [4.78, 5) is 40.8. The van der Waals surface area contributed by atoms with E-state index in [0.717, 1.165) is 47.5 Å². The van der Waals surface area contributed by atoms with Crippen molar-refractivity contribution in [2.24, 2.45) is 0 Å². The van der Waals surface area contributed by atoms with Crippen LogP contribution >= 0.6 is 0 Å². The highest BCUT2D eigenvalue weighted by molar-refractivity contribution is 6.39. The molecule has 0 radical (unpaired) electrons. The zero-order chi connectivity index (χ0) is 22.4. The highest BCUT2D eigenvalue weighted by Crippen LogP contribution is 2.38. The Balaban J connectivity index is 1.20. The molecule has 166 valence electrons. The molecular weight excluding hydrogens is 408 g/mol. The molecule has 0 spiro atoms. The monoisotopic (exact) mass is 434 g/mol. The van der Waals surface area contributed by atoms with E-state index in [0.29, 0.717) is 25.1 Å². The smallest absolute Gasteiger partial charge is 0.313 e. The molecule has 3 amide bonds. The van der Waals surface area contributed by atoms with Gasteiger partial charge in [0.05, 0.1) is 11.8 Å². The van der Waals surface area contributed by atoms with E-state index in [4.69, 9.17) is 0 Å². The van der Waals surface area contributed by atoms with Crippen LogP contribution in [0.2, 0.25) is 0 Å². The fourth-order valence-electron chi connectivity index (χ4n) is 4.90. The molecule has 3 heterocycles. The molecule has 8 heteroatoms. The maximum atomic E-state index is 12.4. The minimum atomic E-state index is -0.893. The molecule has 3 aliphatic heterocycles. The Morgan fingerprint density at radius 3 is 2.56 bits per heavy atom. The van der Waals surface area contributed by atoms with Crippen LogP contribution in [0.1, 0.15) is 34.8 Å². The lowest BCUT2D eigenvalue weighted by Crippen LogP contribution is -2.37. The highest BCUT2D eigenvalue weighted by atomic mass is 16.3. The fraction of sp³-hybridized carbons (Fsp3) is 0.375. The van der Waals surface area contributed by atoms with Gasteiger partial charge >= 0.3 is 11.8 Å². The summed E-state index contributed by atoms with van der Waals surface area (Å²) in [5.74, 6) is -1.43. The molecule has 3 N–H and O–H groups in total. The van der Waals surface area contributed by atoms with Crippen LogP contribution in [0.5, 0.6) is 0 Å². The molecule has 0 saturated carbocycles. The number of likely N-dealkylation sites (N-methyl/N-ethyl adjacent to an activating group) is 1. The normalized spacial score (nSPS) is 17.1. The summed E-state index contributed by atoms with van der Waals surface area (Å²) in [6, 6.07) is 9.45. The first-order valence-corrected chi connectivity index (χ1v) is 11.0. The van der Waals surface area contributed by atoms with E-state index in [1.165, 1.54) is 5.56 Å². The molecule has 1 unspecified atom stereocenters. The number of hydrogen-bond acceptors (Lipinski definition) is 5. The first-order valence-electron chi connectivity index (χ1n) is 11.0. The Kier molecular flexibility index (Phi) is 5.09. The van der Waals surface area contributed by atoms with E-state index in [-0.39, 0.29) is 12.5 Å². The number of anilines is 3. The van der Waals surface area contributed by atoms with Gasteiger partial charge in [0.15, 0.2) is 0 Å². The topological polar surface area (TPSA) is 102 Å². The maximum Gasteiger partial charge on any atom is 0.313 e. The molecule has 8 nitrogen and oxygen atoms in total. The number of nitrogens with zero attached hydrogens (tertiary/aromatic N) is 2. The summed E-state index contributed by atoms with van der Waals surface area (Å²) in [5, 5.41) is 15.6.